The van der Waals surface area contributed by atoms with Gasteiger partial charge in [0.05, 0.1) is 30.0 Å². The number of imidazole rings is 1. The molecule has 7 nitrogen and oxygen atoms in total. The number of benzene rings is 1. The Morgan fingerprint density at radius 1 is 1.31 bits per heavy atom. The van der Waals surface area contributed by atoms with Crippen LogP contribution in [-0.4, -0.2) is 48.0 Å². The quantitative estimate of drug-likeness (QED) is 0.709. The number of carbonyl (C=O) groups is 1. The van der Waals surface area contributed by atoms with Crippen molar-refractivity contribution in [1.82, 2.24) is 24.2 Å². The highest BCUT2D eigenvalue weighted by Gasteiger charge is 2.55. The molecule has 10 heteroatoms. The molecule has 1 amide bonds. The van der Waals surface area contributed by atoms with Crippen LogP contribution >= 0.6 is 0 Å². The molecule has 1 unspecified atom stereocenters. The van der Waals surface area contributed by atoms with Crippen LogP contribution in [-0.2, 0) is 19.2 Å². The first-order valence-electron chi connectivity index (χ1n) is 9.07. The Morgan fingerprint density at radius 2 is 2.03 bits per heavy atom. The smallest absolute Gasteiger partial charge is 0.374 e. The Hall–Kier alpha value is -2.88. The van der Waals surface area contributed by atoms with Gasteiger partial charge in [0.25, 0.3) is 5.91 Å². The van der Waals surface area contributed by atoms with Gasteiger partial charge in [0.2, 0.25) is 5.60 Å². The standard InChI is InChI=1S/C19H20F3N5O2/c1-11-8-26(16(28)12-4-5-15-13(6-12)9-25(3)24-15)10-14-7-23-17(27(11)14)18(2,29)19(20,21)22/h4-7,9,11,29H,8,10H2,1-3H3/t11-,18?/m0/s1. The minimum absolute atomic E-state index is 0.106. The van der Waals surface area contributed by atoms with Crippen molar-refractivity contribution in [3.05, 3.63) is 47.7 Å². The van der Waals surface area contributed by atoms with Crippen LogP contribution in [0.4, 0.5) is 13.2 Å². The van der Waals surface area contributed by atoms with Crippen molar-refractivity contribution in [2.24, 2.45) is 7.05 Å². The van der Waals surface area contributed by atoms with E-state index in [1.807, 2.05) is 6.20 Å². The molecule has 1 aromatic carbocycles. The van der Waals surface area contributed by atoms with Gasteiger partial charge in [-0.15, -0.1) is 0 Å². The number of hydrogen-bond donors (Lipinski definition) is 1. The van der Waals surface area contributed by atoms with E-state index in [1.54, 1.807) is 41.8 Å². The highest BCUT2D eigenvalue weighted by Crippen LogP contribution is 2.40. The van der Waals surface area contributed by atoms with Gasteiger partial charge in [-0.1, -0.05) is 0 Å². The maximum absolute atomic E-state index is 13.3. The second-order valence-electron chi connectivity index (χ2n) is 7.62. The molecule has 1 aliphatic rings. The summed E-state index contributed by atoms with van der Waals surface area (Å²) in [4.78, 5) is 18.4. The fraction of sp³-hybridized carbons (Fsp3) is 0.421. The first kappa shape index (κ1) is 19.4. The predicted octanol–water partition coefficient (Wildman–Crippen LogP) is 2.76. The summed E-state index contributed by atoms with van der Waals surface area (Å²) in [6.07, 6.45) is -1.76. The Morgan fingerprint density at radius 3 is 2.72 bits per heavy atom. The lowest BCUT2D eigenvalue weighted by atomic mass is 10.0. The van der Waals surface area contributed by atoms with Gasteiger partial charge in [-0.05, 0) is 32.0 Å². The summed E-state index contributed by atoms with van der Waals surface area (Å²) in [5, 5.41) is 15.2. The number of nitrogens with zero attached hydrogens (tertiary/aromatic N) is 5. The summed E-state index contributed by atoms with van der Waals surface area (Å²) in [7, 11) is 1.79. The second-order valence-corrected chi connectivity index (χ2v) is 7.62. The topological polar surface area (TPSA) is 76.2 Å². The lowest BCUT2D eigenvalue weighted by molar-refractivity contribution is -0.263. The van der Waals surface area contributed by atoms with Crippen LogP contribution in [0.1, 0.15) is 41.8 Å². The third kappa shape index (κ3) is 3.07. The van der Waals surface area contributed by atoms with Crippen LogP contribution in [0.3, 0.4) is 0 Å². The van der Waals surface area contributed by atoms with Crippen molar-refractivity contribution in [2.75, 3.05) is 6.54 Å². The van der Waals surface area contributed by atoms with Crippen LogP contribution < -0.4 is 0 Å². The van der Waals surface area contributed by atoms with Crippen LogP contribution in [0.5, 0.6) is 0 Å². The summed E-state index contributed by atoms with van der Waals surface area (Å²) >= 11 is 0. The normalized spacial score (nSPS) is 19.3. The first-order chi connectivity index (χ1) is 13.5. The molecular formula is C19H20F3N5O2. The number of halogens is 3. The van der Waals surface area contributed by atoms with E-state index in [2.05, 4.69) is 10.1 Å². The molecule has 29 heavy (non-hydrogen) atoms. The average molecular weight is 407 g/mol. The van der Waals surface area contributed by atoms with Gasteiger partial charge < -0.3 is 14.6 Å². The number of carbonyl (C=O) groups excluding carboxylic acids is 1. The minimum atomic E-state index is -4.86. The molecule has 2 atom stereocenters. The fourth-order valence-corrected chi connectivity index (χ4v) is 3.77. The van der Waals surface area contributed by atoms with E-state index in [0.717, 1.165) is 10.9 Å². The van der Waals surface area contributed by atoms with Gasteiger partial charge in [0, 0.05) is 30.7 Å². The largest absolute Gasteiger partial charge is 0.424 e. The summed E-state index contributed by atoms with van der Waals surface area (Å²) in [6.45, 7) is 2.70. The number of aromatic nitrogens is 4. The number of aliphatic hydroxyl groups is 1. The third-order valence-electron chi connectivity index (χ3n) is 5.29. The van der Waals surface area contributed by atoms with Crippen molar-refractivity contribution in [2.45, 2.75) is 38.2 Å². The van der Waals surface area contributed by atoms with Crippen molar-refractivity contribution in [3.63, 3.8) is 0 Å². The molecule has 0 radical (unpaired) electrons. The highest BCUT2D eigenvalue weighted by atomic mass is 19.4. The van der Waals surface area contributed by atoms with E-state index in [9.17, 15) is 23.1 Å². The zero-order valence-corrected chi connectivity index (χ0v) is 16.1. The molecule has 4 rings (SSSR count). The van der Waals surface area contributed by atoms with Crippen LogP contribution in [0.15, 0.2) is 30.6 Å². The molecule has 2 aromatic heterocycles. The first-order valence-corrected chi connectivity index (χ1v) is 9.07. The Bertz CT molecular complexity index is 1100. The number of alkyl halides is 3. The molecule has 0 saturated carbocycles. The van der Waals surface area contributed by atoms with Crippen molar-refractivity contribution in [1.29, 1.82) is 0 Å². The van der Waals surface area contributed by atoms with E-state index in [1.165, 1.54) is 10.8 Å². The zero-order valence-electron chi connectivity index (χ0n) is 16.1. The van der Waals surface area contributed by atoms with Crippen molar-refractivity contribution >= 4 is 16.8 Å². The summed E-state index contributed by atoms with van der Waals surface area (Å²) in [6, 6.07) is 4.73. The number of amides is 1. The van der Waals surface area contributed by atoms with Gasteiger partial charge in [-0.2, -0.15) is 18.3 Å². The molecule has 0 spiro atoms. The molecule has 0 fully saturated rings. The maximum Gasteiger partial charge on any atom is 0.424 e. The van der Waals surface area contributed by atoms with E-state index in [0.29, 0.717) is 18.2 Å². The van der Waals surface area contributed by atoms with E-state index in [-0.39, 0.29) is 19.0 Å². The second kappa shape index (κ2) is 6.31. The third-order valence-corrected chi connectivity index (χ3v) is 5.29. The lowest BCUT2D eigenvalue weighted by Crippen LogP contribution is -2.45. The van der Waals surface area contributed by atoms with Crippen molar-refractivity contribution in [3.8, 4) is 0 Å². The van der Waals surface area contributed by atoms with Crippen LogP contribution in [0.25, 0.3) is 10.9 Å². The Labute approximate surface area is 164 Å². The summed E-state index contributed by atoms with van der Waals surface area (Å²) in [5.41, 5.74) is -1.38. The number of aryl methyl sites for hydroxylation is 1. The van der Waals surface area contributed by atoms with Crippen LogP contribution in [0, 0.1) is 0 Å². The predicted molar refractivity (Wildman–Crippen MR) is 98.0 cm³/mol. The SMILES string of the molecule is C[C@H]1CN(C(=O)c2ccc3nn(C)cc3c2)Cc2cnc(C(C)(O)C(F)(F)F)n21. The molecule has 0 saturated heterocycles. The minimum Gasteiger partial charge on any atom is -0.374 e. The monoisotopic (exact) mass is 407 g/mol. The van der Waals surface area contributed by atoms with Gasteiger partial charge >= 0.3 is 6.18 Å². The number of rotatable bonds is 2. The van der Waals surface area contributed by atoms with Crippen LogP contribution in [0.2, 0.25) is 0 Å². The van der Waals surface area contributed by atoms with Gasteiger partial charge in [0.15, 0.2) is 5.82 Å². The number of hydrogen-bond acceptors (Lipinski definition) is 4. The highest BCUT2D eigenvalue weighted by molar-refractivity contribution is 5.98. The fourth-order valence-electron chi connectivity index (χ4n) is 3.77. The van der Waals surface area contributed by atoms with E-state index < -0.39 is 23.6 Å². The molecule has 0 bridgehead atoms. The van der Waals surface area contributed by atoms with Crippen molar-refractivity contribution < 1.29 is 23.1 Å². The Balaban J connectivity index is 1.64. The molecule has 154 valence electrons. The molecule has 0 aliphatic carbocycles. The summed E-state index contributed by atoms with van der Waals surface area (Å²) in [5.74, 6) is -0.685. The van der Waals surface area contributed by atoms with Gasteiger partial charge in [0.1, 0.15) is 0 Å². The lowest BCUT2D eigenvalue weighted by Gasteiger charge is -2.36. The molecule has 3 heterocycles. The van der Waals surface area contributed by atoms with E-state index in [4.69, 9.17) is 0 Å². The van der Waals surface area contributed by atoms with E-state index >= 15 is 0 Å². The summed E-state index contributed by atoms with van der Waals surface area (Å²) < 4.78 is 42.9. The Kier molecular flexibility index (Phi) is 4.23. The molecule has 1 N–H and O–H groups in total. The number of fused-ring (bicyclic) bond motifs is 2. The average Bonchev–Trinajstić information content (AvgIpc) is 3.22. The maximum atomic E-state index is 13.3. The molecule has 1 aliphatic heterocycles. The van der Waals surface area contributed by atoms with Gasteiger partial charge in [-0.3, -0.25) is 9.48 Å². The zero-order chi connectivity index (χ0) is 21.1. The molecular weight excluding hydrogens is 387 g/mol. The van der Waals surface area contributed by atoms with Gasteiger partial charge in [-0.25, -0.2) is 4.98 Å². The molecule has 3 aromatic rings.